The van der Waals surface area contributed by atoms with Crippen LogP contribution in [0, 0.1) is 10.1 Å². The van der Waals surface area contributed by atoms with E-state index < -0.39 is 23.4 Å². The highest BCUT2D eigenvalue weighted by Gasteiger charge is 2.18. The number of nitrogens with one attached hydrogen (secondary N) is 2. The van der Waals surface area contributed by atoms with E-state index in [-0.39, 0.29) is 16.9 Å². The number of esters is 1. The van der Waals surface area contributed by atoms with E-state index in [4.69, 9.17) is 4.74 Å². The van der Waals surface area contributed by atoms with Gasteiger partial charge in [-0.2, -0.15) is 0 Å². The molecule has 136 valence electrons. The fourth-order valence-electron chi connectivity index (χ4n) is 2.13. The molecule has 1 amide bonds. The monoisotopic (exact) mass is 375 g/mol. The molecule has 0 spiro atoms. The van der Waals surface area contributed by atoms with Crippen LogP contribution in [0.25, 0.3) is 0 Å². The molecule has 0 unspecified atom stereocenters. The zero-order valence-electron chi connectivity index (χ0n) is 14.1. The van der Waals surface area contributed by atoms with Gasteiger partial charge >= 0.3 is 5.97 Å². The quantitative estimate of drug-likeness (QED) is 0.331. The lowest BCUT2D eigenvalue weighted by Crippen LogP contribution is -2.21. The number of nitro groups is 1. The van der Waals surface area contributed by atoms with Gasteiger partial charge in [-0.25, -0.2) is 4.79 Å². The van der Waals surface area contributed by atoms with E-state index in [0.29, 0.717) is 5.69 Å². The molecule has 0 aliphatic rings. The molecule has 0 bridgehead atoms. The Morgan fingerprint density at radius 3 is 2.65 bits per heavy atom. The number of hydrogen-bond acceptors (Lipinski definition) is 7. The lowest BCUT2D eigenvalue weighted by atomic mass is 10.1. The summed E-state index contributed by atoms with van der Waals surface area (Å²) in [4.78, 5) is 35.3. The van der Waals surface area contributed by atoms with Crippen molar-refractivity contribution in [3.05, 3.63) is 58.1 Å². The maximum absolute atomic E-state index is 12.0. The molecular weight excluding hydrogens is 358 g/mol. The molecule has 8 nitrogen and oxygen atoms in total. The summed E-state index contributed by atoms with van der Waals surface area (Å²) in [6.45, 7) is -0.496. The van der Waals surface area contributed by atoms with Crippen molar-refractivity contribution in [2.75, 3.05) is 30.5 Å². The van der Waals surface area contributed by atoms with Crippen LogP contribution in [0.15, 0.2) is 47.4 Å². The van der Waals surface area contributed by atoms with Crippen molar-refractivity contribution in [2.24, 2.45) is 0 Å². The molecule has 0 saturated carbocycles. The first-order valence-corrected chi connectivity index (χ1v) is 8.74. The van der Waals surface area contributed by atoms with Gasteiger partial charge in [0.1, 0.15) is 5.69 Å². The molecule has 2 N–H and O–H groups in total. The maximum atomic E-state index is 12.0. The van der Waals surface area contributed by atoms with Gasteiger partial charge in [0.25, 0.3) is 11.6 Å². The van der Waals surface area contributed by atoms with Crippen LogP contribution in [0.4, 0.5) is 17.1 Å². The Bertz CT molecular complexity index is 841. The van der Waals surface area contributed by atoms with Crippen LogP contribution in [0.2, 0.25) is 0 Å². The lowest BCUT2D eigenvalue weighted by Gasteiger charge is -2.08. The van der Waals surface area contributed by atoms with E-state index in [1.807, 2.05) is 12.3 Å². The number of carbonyl (C=O) groups excluding carboxylic acids is 2. The second kappa shape index (κ2) is 8.86. The van der Waals surface area contributed by atoms with Gasteiger partial charge in [0.15, 0.2) is 6.61 Å². The summed E-state index contributed by atoms with van der Waals surface area (Å²) in [5, 5.41) is 16.3. The fourth-order valence-corrected chi connectivity index (χ4v) is 2.59. The molecule has 0 aliphatic carbocycles. The second-order valence-electron chi connectivity index (χ2n) is 5.10. The Hall–Kier alpha value is -3.07. The minimum atomic E-state index is -0.816. The Morgan fingerprint density at radius 1 is 1.23 bits per heavy atom. The van der Waals surface area contributed by atoms with E-state index in [1.165, 1.54) is 30.9 Å². The van der Waals surface area contributed by atoms with Crippen molar-refractivity contribution in [3.8, 4) is 0 Å². The highest BCUT2D eigenvalue weighted by atomic mass is 32.2. The third-order valence-corrected chi connectivity index (χ3v) is 4.11. The highest BCUT2D eigenvalue weighted by molar-refractivity contribution is 7.98. The van der Waals surface area contributed by atoms with Crippen LogP contribution in [0.3, 0.4) is 0 Å². The Labute approximate surface area is 154 Å². The number of benzene rings is 2. The summed E-state index contributed by atoms with van der Waals surface area (Å²) in [5.74, 6) is -1.32. The third-order valence-electron chi connectivity index (χ3n) is 3.39. The first-order chi connectivity index (χ1) is 12.4. The predicted molar refractivity (Wildman–Crippen MR) is 99.8 cm³/mol. The van der Waals surface area contributed by atoms with Crippen LogP contribution in [0.1, 0.15) is 10.4 Å². The number of thioether (sulfide) groups is 1. The van der Waals surface area contributed by atoms with Crippen LogP contribution >= 0.6 is 11.8 Å². The number of carbonyl (C=O) groups is 2. The van der Waals surface area contributed by atoms with E-state index >= 15 is 0 Å². The molecule has 0 aromatic heterocycles. The van der Waals surface area contributed by atoms with Crippen molar-refractivity contribution < 1.29 is 19.2 Å². The van der Waals surface area contributed by atoms with Crippen molar-refractivity contribution in [1.29, 1.82) is 0 Å². The molecule has 26 heavy (non-hydrogen) atoms. The van der Waals surface area contributed by atoms with E-state index in [0.717, 1.165) is 11.0 Å². The van der Waals surface area contributed by atoms with Crippen LogP contribution in [0.5, 0.6) is 0 Å². The Morgan fingerprint density at radius 2 is 2.00 bits per heavy atom. The first-order valence-electron chi connectivity index (χ1n) is 7.52. The molecular formula is C17H17N3O5S. The van der Waals surface area contributed by atoms with Crippen molar-refractivity contribution >= 4 is 40.7 Å². The Balaban J connectivity index is 1.98. The van der Waals surface area contributed by atoms with Gasteiger partial charge in [-0.15, -0.1) is 11.8 Å². The van der Waals surface area contributed by atoms with Gasteiger partial charge in [0.2, 0.25) is 0 Å². The molecule has 0 aliphatic heterocycles. The van der Waals surface area contributed by atoms with E-state index in [2.05, 4.69) is 10.6 Å². The normalized spacial score (nSPS) is 10.1. The fraction of sp³-hybridized carbons (Fsp3) is 0.176. The summed E-state index contributed by atoms with van der Waals surface area (Å²) >= 11 is 1.54. The van der Waals surface area contributed by atoms with Crippen molar-refractivity contribution in [2.45, 2.75) is 4.90 Å². The molecule has 0 atom stereocenters. The van der Waals surface area contributed by atoms with Gasteiger partial charge in [-0.05, 0) is 36.6 Å². The lowest BCUT2D eigenvalue weighted by molar-refractivity contribution is -0.384. The maximum Gasteiger partial charge on any atom is 0.338 e. The first kappa shape index (κ1) is 19.3. The second-order valence-corrected chi connectivity index (χ2v) is 5.97. The van der Waals surface area contributed by atoms with Gasteiger partial charge in [0, 0.05) is 23.7 Å². The molecule has 9 heteroatoms. The zero-order valence-corrected chi connectivity index (χ0v) is 15.0. The predicted octanol–water partition coefficient (Wildman–Crippen LogP) is 3.15. The number of ether oxygens (including phenoxy) is 1. The molecule has 2 aromatic carbocycles. The topological polar surface area (TPSA) is 111 Å². The number of nitrogens with zero attached hydrogens (tertiary/aromatic N) is 1. The number of nitro benzene ring substituents is 1. The molecule has 0 radical (unpaired) electrons. The van der Waals surface area contributed by atoms with E-state index in [9.17, 15) is 19.7 Å². The summed E-state index contributed by atoms with van der Waals surface area (Å²) in [5.41, 5.74) is 0.609. The molecule has 0 saturated heterocycles. The largest absolute Gasteiger partial charge is 0.452 e. The molecule has 0 fully saturated rings. The van der Waals surface area contributed by atoms with Gasteiger partial charge in [0.05, 0.1) is 10.5 Å². The smallest absolute Gasteiger partial charge is 0.338 e. The minimum Gasteiger partial charge on any atom is -0.452 e. The standard InChI is InChI=1S/C17H17N3O5S/c1-18-14-7-6-11(8-15(14)20(23)24)17(22)25-10-16(21)19-12-4-3-5-13(9-12)26-2/h3-9,18H,10H2,1-2H3,(H,19,21). The minimum absolute atomic E-state index is 0.00659. The number of rotatable bonds is 7. The number of amides is 1. The summed E-state index contributed by atoms with van der Waals surface area (Å²) in [7, 11) is 1.54. The third kappa shape index (κ3) is 4.96. The highest BCUT2D eigenvalue weighted by Crippen LogP contribution is 2.25. The number of hydrogen-bond donors (Lipinski definition) is 2. The summed E-state index contributed by atoms with van der Waals surface area (Å²) in [6, 6.07) is 11.1. The average molecular weight is 375 g/mol. The molecule has 0 heterocycles. The summed E-state index contributed by atoms with van der Waals surface area (Å²) in [6.07, 6.45) is 1.92. The van der Waals surface area contributed by atoms with Crippen LogP contribution in [-0.4, -0.2) is 36.7 Å². The van der Waals surface area contributed by atoms with E-state index in [1.54, 1.807) is 18.2 Å². The molecule has 2 aromatic rings. The summed E-state index contributed by atoms with van der Waals surface area (Å²) < 4.78 is 4.93. The Kier molecular flexibility index (Phi) is 6.56. The molecule has 2 rings (SSSR count). The van der Waals surface area contributed by atoms with Crippen molar-refractivity contribution in [1.82, 2.24) is 0 Å². The van der Waals surface area contributed by atoms with Crippen LogP contribution in [-0.2, 0) is 9.53 Å². The van der Waals surface area contributed by atoms with Gasteiger partial charge in [-0.3, -0.25) is 14.9 Å². The average Bonchev–Trinajstić information content (AvgIpc) is 2.65. The van der Waals surface area contributed by atoms with Crippen LogP contribution < -0.4 is 10.6 Å². The zero-order chi connectivity index (χ0) is 19.1. The SMILES string of the molecule is CNc1ccc(C(=O)OCC(=O)Nc2cccc(SC)c2)cc1[N+](=O)[O-]. The van der Waals surface area contributed by atoms with Gasteiger partial charge < -0.3 is 15.4 Å². The number of anilines is 2. The van der Waals surface area contributed by atoms with Crippen molar-refractivity contribution in [3.63, 3.8) is 0 Å². The van der Waals surface area contributed by atoms with Gasteiger partial charge in [-0.1, -0.05) is 6.07 Å².